The van der Waals surface area contributed by atoms with Crippen LogP contribution in [0.15, 0.2) is 42.5 Å². The molecule has 0 bridgehead atoms. The largest absolute Gasteiger partial charge is 0.486 e. The molecule has 0 fully saturated rings. The van der Waals surface area contributed by atoms with Crippen LogP contribution in [0.25, 0.3) is 6.08 Å². The van der Waals surface area contributed by atoms with Gasteiger partial charge in [-0.05, 0) is 55.7 Å². The van der Waals surface area contributed by atoms with Gasteiger partial charge in [0.05, 0.1) is 6.54 Å². The van der Waals surface area contributed by atoms with Crippen molar-refractivity contribution >= 4 is 29.5 Å². The van der Waals surface area contributed by atoms with Gasteiger partial charge in [0.2, 0.25) is 5.91 Å². The Labute approximate surface area is 186 Å². The van der Waals surface area contributed by atoms with Crippen LogP contribution in [-0.2, 0) is 19.1 Å². The maximum absolute atomic E-state index is 12.2. The van der Waals surface area contributed by atoms with Crippen LogP contribution in [0.2, 0.25) is 0 Å². The lowest BCUT2D eigenvalue weighted by molar-refractivity contribution is -0.150. The molecule has 32 heavy (non-hydrogen) atoms. The summed E-state index contributed by atoms with van der Waals surface area (Å²) in [5.74, 6) is -0.348. The summed E-state index contributed by atoms with van der Waals surface area (Å²) in [4.78, 5) is 36.4. The minimum absolute atomic E-state index is 0.235. The van der Waals surface area contributed by atoms with Crippen LogP contribution in [0.1, 0.15) is 23.6 Å². The van der Waals surface area contributed by atoms with E-state index in [0.29, 0.717) is 24.7 Å². The number of ether oxygens (including phenoxy) is 3. The van der Waals surface area contributed by atoms with Crippen molar-refractivity contribution in [3.63, 3.8) is 0 Å². The molecular weight excluding hydrogens is 412 g/mol. The van der Waals surface area contributed by atoms with E-state index in [9.17, 15) is 14.4 Å². The maximum Gasteiger partial charge on any atom is 0.331 e. The Balaban J connectivity index is 1.46. The first-order chi connectivity index (χ1) is 15.3. The van der Waals surface area contributed by atoms with Crippen molar-refractivity contribution < 1.29 is 28.6 Å². The molecule has 0 aliphatic carbocycles. The fraction of sp³-hybridized carbons (Fsp3) is 0.292. The van der Waals surface area contributed by atoms with E-state index in [1.54, 1.807) is 24.3 Å². The summed E-state index contributed by atoms with van der Waals surface area (Å²) >= 11 is 0. The summed E-state index contributed by atoms with van der Waals surface area (Å²) in [6, 6.07) is 11.0. The molecule has 2 aromatic rings. The molecule has 0 aromatic heterocycles. The molecule has 0 saturated heterocycles. The second kappa shape index (κ2) is 10.5. The summed E-state index contributed by atoms with van der Waals surface area (Å²) < 4.78 is 16.1. The molecule has 2 N–H and O–H groups in total. The number of amides is 2. The average molecular weight is 438 g/mol. The maximum atomic E-state index is 12.2. The summed E-state index contributed by atoms with van der Waals surface area (Å²) in [5.41, 5.74) is 3.30. The molecule has 1 heterocycles. The van der Waals surface area contributed by atoms with E-state index in [4.69, 9.17) is 14.2 Å². The third kappa shape index (κ3) is 6.10. The fourth-order valence-electron chi connectivity index (χ4n) is 3.10. The first-order valence-electron chi connectivity index (χ1n) is 10.3. The molecule has 1 aliphatic rings. The standard InChI is InChI=1S/C24H26N2O6/c1-15-5-4-6-16(2)23(15)26-21(27)14-25-24(29)17(3)32-22(28)10-8-18-7-9-19-20(13-18)31-12-11-30-19/h4-10,13,17H,11-12,14H2,1-3H3,(H,25,29)(H,26,27)/b10-8+. The first-order valence-corrected chi connectivity index (χ1v) is 10.3. The lowest BCUT2D eigenvalue weighted by Crippen LogP contribution is -2.40. The normalized spacial score (nSPS) is 13.3. The number of hydrogen-bond acceptors (Lipinski definition) is 6. The number of benzene rings is 2. The Hall–Kier alpha value is -3.81. The number of fused-ring (bicyclic) bond motifs is 1. The molecule has 0 radical (unpaired) electrons. The van der Waals surface area contributed by atoms with Gasteiger partial charge in [-0.3, -0.25) is 9.59 Å². The zero-order chi connectivity index (χ0) is 23.1. The van der Waals surface area contributed by atoms with Crippen molar-refractivity contribution in [3.05, 3.63) is 59.2 Å². The van der Waals surface area contributed by atoms with E-state index in [0.717, 1.165) is 22.4 Å². The van der Waals surface area contributed by atoms with E-state index in [1.807, 2.05) is 32.0 Å². The highest BCUT2D eigenvalue weighted by Gasteiger charge is 2.18. The predicted octanol–water partition coefficient (Wildman–Crippen LogP) is 2.77. The molecule has 0 spiro atoms. The van der Waals surface area contributed by atoms with Crippen LogP contribution in [0.4, 0.5) is 5.69 Å². The molecule has 1 atom stereocenters. The monoisotopic (exact) mass is 438 g/mol. The molecule has 1 aliphatic heterocycles. The number of nitrogens with one attached hydrogen (secondary N) is 2. The van der Waals surface area contributed by atoms with Gasteiger partial charge in [-0.1, -0.05) is 24.3 Å². The van der Waals surface area contributed by atoms with Gasteiger partial charge in [0.15, 0.2) is 17.6 Å². The van der Waals surface area contributed by atoms with E-state index in [1.165, 1.54) is 13.0 Å². The Morgan fingerprint density at radius 3 is 2.47 bits per heavy atom. The molecule has 2 aromatic carbocycles. The van der Waals surface area contributed by atoms with Gasteiger partial charge < -0.3 is 24.8 Å². The summed E-state index contributed by atoms with van der Waals surface area (Å²) in [7, 11) is 0. The van der Waals surface area contributed by atoms with E-state index in [-0.39, 0.29) is 12.5 Å². The van der Waals surface area contributed by atoms with Gasteiger partial charge >= 0.3 is 5.97 Å². The number of carbonyl (C=O) groups is 3. The molecule has 1 unspecified atom stereocenters. The fourth-order valence-corrected chi connectivity index (χ4v) is 3.10. The quantitative estimate of drug-likeness (QED) is 0.509. The molecule has 3 rings (SSSR count). The third-order valence-electron chi connectivity index (χ3n) is 4.81. The molecule has 8 nitrogen and oxygen atoms in total. The smallest absolute Gasteiger partial charge is 0.331 e. The number of esters is 1. The van der Waals surface area contributed by atoms with Crippen LogP contribution < -0.4 is 20.1 Å². The topological polar surface area (TPSA) is 103 Å². The van der Waals surface area contributed by atoms with Gasteiger partial charge in [-0.15, -0.1) is 0 Å². The number of rotatable bonds is 7. The summed E-state index contributed by atoms with van der Waals surface area (Å²) in [6.07, 6.45) is 1.73. The lowest BCUT2D eigenvalue weighted by atomic mass is 10.1. The SMILES string of the molecule is Cc1cccc(C)c1NC(=O)CNC(=O)C(C)OC(=O)/C=C/c1ccc2c(c1)OCCO2. The van der Waals surface area contributed by atoms with Gasteiger partial charge in [0.1, 0.15) is 13.2 Å². The van der Waals surface area contributed by atoms with Gasteiger partial charge in [-0.2, -0.15) is 0 Å². The van der Waals surface area contributed by atoms with E-state index < -0.39 is 18.0 Å². The van der Waals surface area contributed by atoms with Crippen molar-refractivity contribution in [1.82, 2.24) is 5.32 Å². The highest BCUT2D eigenvalue weighted by atomic mass is 16.6. The molecule has 168 valence electrons. The lowest BCUT2D eigenvalue weighted by Gasteiger charge is -2.18. The van der Waals surface area contributed by atoms with Gasteiger partial charge in [0, 0.05) is 11.8 Å². The number of carbonyl (C=O) groups excluding carboxylic acids is 3. The highest BCUT2D eigenvalue weighted by Crippen LogP contribution is 2.31. The molecule has 8 heteroatoms. The van der Waals surface area contributed by atoms with Crippen LogP contribution >= 0.6 is 0 Å². The third-order valence-corrected chi connectivity index (χ3v) is 4.81. The Morgan fingerprint density at radius 2 is 1.75 bits per heavy atom. The van der Waals surface area contributed by atoms with Gasteiger partial charge in [-0.25, -0.2) is 4.79 Å². The second-order valence-electron chi connectivity index (χ2n) is 7.35. The van der Waals surface area contributed by atoms with Crippen molar-refractivity contribution in [1.29, 1.82) is 0 Å². The first kappa shape index (κ1) is 22.9. The number of hydrogen-bond donors (Lipinski definition) is 2. The van der Waals surface area contributed by atoms with Crippen LogP contribution in [0, 0.1) is 13.8 Å². The molecule has 0 saturated carbocycles. The number of anilines is 1. The van der Waals surface area contributed by atoms with E-state index in [2.05, 4.69) is 10.6 Å². The predicted molar refractivity (Wildman–Crippen MR) is 120 cm³/mol. The summed E-state index contributed by atoms with van der Waals surface area (Å²) in [6.45, 7) is 5.96. The Morgan fingerprint density at radius 1 is 1.06 bits per heavy atom. The minimum Gasteiger partial charge on any atom is -0.486 e. The van der Waals surface area contributed by atoms with Crippen molar-refractivity contribution in [2.24, 2.45) is 0 Å². The number of aryl methyl sites for hydroxylation is 2. The zero-order valence-corrected chi connectivity index (χ0v) is 18.3. The zero-order valence-electron chi connectivity index (χ0n) is 18.3. The highest BCUT2D eigenvalue weighted by molar-refractivity contribution is 5.96. The van der Waals surface area contributed by atoms with Crippen LogP contribution in [0.5, 0.6) is 11.5 Å². The van der Waals surface area contributed by atoms with Gasteiger partial charge in [0.25, 0.3) is 5.91 Å². The minimum atomic E-state index is -1.06. The molecular formula is C24H26N2O6. The van der Waals surface area contributed by atoms with Crippen molar-refractivity contribution in [2.75, 3.05) is 25.1 Å². The average Bonchev–Trinajstić information content (AvgIpc) is 2.78. The number of para-hydroxylation sites is 1. The van der Waals surface area contributed by atoms with Crippen LogP contribution in [-0.4, -0.2) is 43.6 Å². The second-order valence-corrected chi connectivity index (χ2v) is 7.35. The molecule has 2 amide bonds. The van der Waals surface area contributed by atoms with E-state index >= 15 is 0 Å². The van der Waals surface area contributed by atoms with Crippen molar-refractivity contribution in [3.8, 4) is 11.5 Å². The summed E-state index contributed by atoms with van der Waals surface area (Å²) in [5, 5.41) is 5.25. The Bertz CT molecular complexity index is 1030. The van der Waals surface area contributed by atoms with Crippen LogP contribution in [0.3, 0.4) is 0 Å². The van der Waals surface area contributed by atoms with Crippen molar-refractivity contribution in [2.45, 2.75) is 26.9 Å². The Kier molecular flexibility index (Phi) is 7.49.